The number of thioether (sulfide) groups is 1. The molecule has 1 amide bonds. The number of carbonyl (C=O) groups excluding carboxylic acids is 2. The van der Waals surface area contributed by atoms with Crippen LogP contribution < -0.4 is 4.90 Å². The molecule has 0 aromatic heterocycles. The van der Waals surface area contributed by atoms with Gasteiger partial charge in [-0.1, -0.05) is 17.8 Å². The van der Waals surface area contributed by atoms with Crippen LogP contribution in [0.2, 0.25) is 0 Å². The minimum Gasteiger partial charge on any atom is -0.312 e. The van der Waals surface area contributed by atoms with Gasteiger partial charge in [0.1, 0.15) is 0 Å². The van der Waals surface area contributed by atoms with Gasteiger partial charge in [0, 0.05) is 36.7 Å². The van der Waals surface area contributed by atoms with E-state index in [1.807, 2.05) is 0 Å². The molecule has 0 spiro atoms. The van der Waals surface area contributed by atoms with E-state index >= 15 is 0 Å². The first kappa shape index (κ1) is 15.3. The lowest BCUT2D eigenvalue weighted by atomic mass is 10.1. The lowest BCUT2D eigenvalue weighted by molar-refractivity contribution is -0.117. The third-order valence-electron chi connectivity index (χ3n) is 3.77. The molecule has 3 rings (SSSR count). The monoisotopic (exact) mass is 337 g/mol. The average Bonchev–Trinajstić information content (AvgIpc) is 2.97. The molecule has 2 heterocycles. The van der Waals surface area contributed by atoms with Crippen LogP contribution >= 0.6 is 11.8 Å². The lowest BCUT2D eigenvalue weighted by Crippen LogP contribution is -2.25. The Balaban J connectivity index is 1.81. The highest BCUT2D eigenvalue weighted by Gasteiger charge is 2.32. The van der Waals surface area contributed by atoms with Crippen molar-refractivity contribution in [3.63, 3.8) is 0 Å². The number of amides is 1. The summed E-state index contributed by atoms with van der Waals surface area (Å²) in [6, 6.07) is 5.04. The molecule has 1 unspecified atom stereocenters. The van der Waals surface area contributed by atoms with Gasteiger partial charge in [0.25, 0.3) is 0 Å². The summed E-state index contributed by atoms with van der Waals surface area (Å²) in [5.74, 6) is 0.699. The number of benzene rings is 1. The number of fused-ring (bicyclic) bond motifs is 1. The largest absolute Gasteiger partial charge is 0.312 e. The van der Waals surface area contributed by atoms with Gasteiger partial charge >= 0.3 is 0 Å². The zero-order valence-electron chi connectivity index (χ0n) is 12.0. The Morgan fingerprint density at radius 2 is 2.18 bits per heavy atom. The van der Waals surface area contributed by atoms with E-state index in [4.69, 9.17) is 0 Å². The number of sulfone groups is 1. The summed E-state index contributed by atoms with van der Waals surface area (Å²) < 4.78 is 23.8. The van der Waals surface area contributed by atoms with E-state index in [1.54, 1.807) is 29.2 Å². The average molecular weight is 337 g/mol. The predicted molar refractivity (Wildman–Crippen MR) is 86.3 cm³/mol. The fraction of sp³-hybridized carbons (Fsp3) is 0.333. The molecular formula is C15H15NO4S2. The topological polar surface area (TPSA) is 71.5 Å². The van der Waals surface area contributed by atoms with E-state index in [2.05, 4.69) is 0 Å². The molecule has 0 radical (unpaired) electrons. The molecule has 0 N–H and O–H groups in total. The highest BCUT2D eigenvalue weighted by atomic mass is 32.2. The fourth-order valence-electron chi connectivity index (χ4n) is 2.69. The van der Waals surface area contributed by atoms with E-state index in [0.717, 1.165) is 0 Å². The van der Waals surface area contributed by atoms with Gasteiger partial charge in [0.15, 0.2) is 5.12 Å². The van der Waals surface area contributed by atoms with E-state index in [1.165, 1.54) is 24.1 Å². The molecule has 22 heavy (non-hydrogen) atoms. The molecule has 0 bridgehead atoms. The Kier molecular flexibility index (Phi) is 3.86. The quantitative estimate of drug-likeness (QED) is 0.844. The van der Waals surface area contributed by atoms with Crippen LogP contribution in [0.15, 0.2) is 28.5 Å². The molecule has 2 aliphatic rings. The first-order chi connectivity index (χ1) is 10.4. The van der Waals surface area contributed by atoms with Gasteiger partial charge in [0.05, 0.1) is 4.90 Å². The van der Waals surface area contributed by atoms with E-state index < -0.39 is 9.84 Å². The van der Waals surface area contributed by atoms with E-state index in [9.17, 15) is 18.0 Å². The van der Waals surface area contributed by atoms with Crippen molar-refractivity contribution >= 4 is 44.4 Å². The number of anilines is 1. The van der Waals surface area contributed by atoms with Gasteiger partial charge in [-0.2, -0.15) is 0 Å². The molecule has 1 aromatic carbocycles. The molecule has 1 fully saturated rings. The van der Waals surface area contributed by atoms with Crippen LogP contribution in [0.25, 0.3) is 6.08 Å². The van der Waals surface area contributed by atoms with Crippen molar-refractivity contribution in [3.05, 3.63) is 29.2 Å². The maximum absolute atomic E-state index is 12.2. The molecule has 1 aromatic rings. The first-order valence-corrected chi connectivity index (χ1v) is 9.41. The highest BCUT2D eigenvalue weighted by Crippen LogP contribution is 2.33. The minimum absolute atomic E-state index is 0.0301. The van der Waals surface area contributed by atoms with Crippen molar-refractivity contribution in [2.24, 2.45) is 5.92 Å². The standard InChI is InChI=1S/C15H15NO4S2/c1-10(17)21-9-11-6-15(18)16(8-11)13-3-2-12-4-5-22(19,20)14(12)7-13/h2-5,7,11H,6,8-9H2,1H3. The van der Waals surface area contributed by atoms with E-state index in [-0.39, 0.29) is 21.8 Å². The van der Waals surface area contributed by atoms with Gasteiger partial charge in [-0.15, -0.1) is 0 Å². The van der Waals surface area contributed by atoms with Crippen LogP contribution in [0.1, 0.15) is 18.9 Å². The fourth-order valence-corrected chi connectivity index (χ4v) is 4.60. The Bertz CT molecular complexity index is 783. The second-order valence-corrected chi connectivity index (χ2v) is 8.45. The summed E-state index contributed by atoms with van der Waals surface area (Å²) in [5.41, 5.74) is 1.26. The summed E-state index contributed by atoms with van der Waals surface area (Å²) >= 11 is 1.22. The number of nitrogens with zero attached hydrogens (tertiary/aromatic N) is 1. The van der Waals surface area contributed by atoms with Crippen molar-refractivity contribution in [2.45, 2.75) is 18.2 Å². The predicted octanol–water partition coefficient (Wildman–Crippen LogP) is 2.08. The normalized spacial score (nSPS) is 22.1. The van der Waals surface area contributed by atoms with Crippen molar-refractivity contribution in [1.29, 1.82) is 0 Å². The summed E-state index contributed by atoms with van der Waals surface area (Å²) in [7, 11) is -3.38. The Hall–Kier alpha value is -1.60. The highest BCUT2D eigenvalue weighted by molar-refractivity contribution is 8.13. The van der Waals surface area contributed by atoms with Gasteiger partial charge in [-0.05, 0) is 29.7 Å². The second-order valence-electron chi connectivity index (χ2n) is 5.45. The number of hydrogen-bond acceptors (Lipinski definition) is 5. The second kappa shape index (κ2) is 5.55. The summed E-state index contributed by atoms with van der Waals surface area (Å²) in [6.07, 6.45) is 1.95. The Labute approximate surface area is 133 Å². The Morgan fingerprint density at radius 3 is 2.91 bits per heavy atom. The zero-order valence-corrected chi connectivity index (χ0v) is 13.6. The smallest absolute Gasteiger partial charge is 0.227 e. The third-order valence-corrected chi connectivity index (χ3v) is 6.28. The van der Waals surface area contributed by atoms with Gasteiger partial charge in [-0.3, -0.25) is 9.59 Å². The molecule has 5 nitrogen and oxygen atoms in total. The van der Waals surface area contributed by atoms with Crippen LogP contribution in [0.5, 0.6) is 0 Å². The maximum atomic E-state index is 12.2. The van der Waals surface area contributed by atoms with Gasteiger partial charge < -0.3 is 4.90 Å². The van der Waals surface area contributed by atoms with Crippen molar-refractivity contribution < 1.29 is 18.0 Å². The van der Waals surface area contributed by atoms with Crippen molar-refractivity contribution in [2.75, 3.05) is 17.2 Å². The molecule has 1 saturated heterocycles. The summed E-state index contributed by atoms with van der Waals surface area (Å²) in [5, 5.41) is 1.22. The SMILES string of the molecule is CC(=O)SCC1CC(=O)N(c2ccc3c(c2)S(=O)(=O)C=C3)C1. The summed E-state index contributed by atoms with van der Waals surface area (Å²) in [6.45, 7) is 2.03. The van der Waals surface area contributed by atoms with Gasteiger partial charge in [0.2, 0.25) is 15.7 Å². The van der Waals surface area contributed by atoms with Crippen LogP contribution in [0.3, 0.4) is 0 Å². The number of rotatable bonds is 3. The Morgan fingerprint density at radius 1 is 1.41 bits per heavy atom. The van der Waals surface area contributed by atoms with Crippen LogP contribution in [0, 0.1) is 5.92 Å². The third kappa shape index (κ3) is 2.83. The minimum atomic E-state index is -3.38. The summed E-state index contributed by atoms with van der Waals surface area (Å²) in [4.78, 5) is 25.0. The molecule has 116 valence electrons. The first-order valence-electron chi connectivity index (χ1n) is 6.88. The molecule has 7 heteroatoms. The molecular weight excluding hydrogens is 322 g/mol. The molecule has 2 aliphatic heterocycles. The van der Waals surface area contributed by atoms with Crippen molar-refractivity contribution in [1.82, 2.24) is 0 Å². The zero-order chi connectivity index (χ0) is 15.9. The van der Waals surface area contributed by atoms with Crippen LogP contribution in [-0.2, 0) is 19.4 Å². The number of carbonyl (C=O) groups is 2. The van der Waals surface area contributed by atoms with Crippen LogP contribution in [0.4, 0.5) is 5.69 Å². The number of hydrogen-bond donors (Lipinski definition) is 0. The van der Waals surface area contributed by atoms with Gasteiger partial charge in [-0.25, -0.2) is 8.42 Å². The lowest BCUT2D eigenvalue weighted by Gasteiger charge is -2.17. The molecule has 0 saturated carbocycles. The maximum Gasteiger partial charge on any atom is 0.227 e. The van der Waals surface area contributed by atoms with Crippen LogP contribution in [-0.4, -0.2) is 31.7 Å². The van der Waals surface area contributed by atoms with E-state index in [0.29, 0.717) is 30.0 Å². The molecule has 0 aliphatic carbocycles. The van der Waals surface area contributed by atoms with Crippen molar-refractivity contribution in [3.8, 4) is 0 Å². The molecule has 1 atom stereocenters.